The first-order chi connectivity index (χ1) is 10.1. The molecular weight excluding hydrogens is 344 g/mol. The van der Waals surface area contributed by atoms with Crippen LogP contribution < -0.4 is 5.32 Å². The number of nitrogens with one attached hydrogen (secondary N) is 1. The average Bonchev–Trinajstić information content (AvgIpc) is 2.75. The van der Waals surface area contributed by atoms with Gasteiger partial charge >= 0.3 is 0 Å². The van der Waals surface area contributed by atoms with E-state index in [9.17, 15) is 0 Å². The minimum Gasteiger partial charge on any atom is -0.308 e. The molecule has 1 atom stereocenters. The minimum absolute atomic E-state index is 0.443. The number of piperazine rings is 1. The molecule has 2 aromatic rings. The van der Waals surface area contributed by atoms with Crippen LogP contribution in [0.1, 0.15) is 26.9 Å². The molecule has 4 heteroatoms. The van der Waals surface area contributed by atoms with Crippen molar-refractivity contribution in [2.75, 3.05) is 19.6 Å². The predicted octanol–water partition coefficient (Wildman–Crippen LogP) is 4.27. The number of aryl methyl sites for hydroxylation is 2. The van der Waals surface area contributed by atoms with E-state index in [1.165, 1.54) is 25.4 Å². The molecule has 0 saturated carbocycles. The highest BCUT2D eigenvalue weighted by atomic mass is 79.9. The summed E-state index contributed by atoms with van der Waals surface area (Å²) in [6.45, 7) is 8.71. The number of hydrogen-bond donors (Lipinski definition) is 1. The van der Waals surface area contributed by atoms with E-state index in [0.29, 0.717) is 6.04 Å². The molecule has 1 aromatic heterocycles. The molecule has 0 spiro atoms. The Kier molecular flexibility index (Phi) is 4.79. The molecular formula is C17H21BrN2S. The first kappa shape index (κ1) is 15.2. The first-order valence-electron chi connectivity index (χ1n) is 7.40. The Hall–Kier alpha value is -0.680. The number of nitrogens with zero attached hydrogens (tertiary/aromatic N) is 1. The molecule has 0 radical (unpaired) electrons. The quantitative estimate of drug-likeness (QED) is 0.874. The standard InChI is InChI=1S/C17H21BrN2S/c1-12-15(17(18)13(2)21-12)10-20-9-8-19-16(11-20)14-6-4-3-5-7-14/h3-7,16,19H,8-11H2,1-2H3. The monoisotopic (exact) mass is 364 g/mol. The molecule has 1 aliphatic rings. The van der Waals surface area contributed by atoms with Gasteiger partial charge in [0, 0.05) is 46.4 Å². The van der Waals surface area contributed by atoms with Crippen LogP contribution in [-0.4, -0.2) is 24.5 Å². The fourth-order valence-electron chi connectivity index (χ4n) is 2.97. The number of thiophene rings is 1. The maximum absolute atomic E-state index is 3.76. The van der Waals surface area contributed by atoms with Crippen molar-refractivity contribution in [1.82, 2.24) is 10.2 Å². The lowest BCUT2D eigenvalue weighted by Gasteiger charge is -2.34. The third-order valence-electron chi connectivity index (χ3n) is 4.15. The smallest absolute Gasteiger partial charge is 0.0449 e. The average molecular weight is 365 g/mol. The van der Waals surface area contributed by atoms with Gasteiger partial charge in [-0.15, -0.1) is 11.3 Å². The summed E-state index contributed by atoms with van der Waals surface area (Å²) in [6, 6.07) is 11.2. The molecule has 1 N–H and O–H groups in total. The van der Waals surface area contributed by atoms with E-state index in [2.05, 4.69) is 70.3 Å². The molecule has 112 valence electrons. The molecule has 0 bridgehead atoms. The zero-order chi connectivity index (χ0) is 14.8. The highest BCUT2D eigenvalue weighted by molar-refractivity contribution is 9.10. The zero-order valence-corrected chi connectivity index (χ0v) is 14.9. The van der Waals surface area contributed by atoms with Crippen molar-refractivity contribution in [1.29, 1.82) is 0 Å². The molecule has 1 fully saturated rings. The molecule has 1 unspecified atom stereocenters. The van der Waals surface area contributed by atoms with Gasteiger partial charge in [0.15, 0.2) is 0 Å². The first-order valence-corrected chi connectivity index (χ1v) is 9.01. The van der Waals surface area contributed by atoms with Crippen LogP contribution in [0.5, 0.6) is 0 Å². The van der Waals surface area contributed by atoms with Crippen LogP contribution in [0, 0.1) is 13.8 Å². The van der Waals surface area contributed by atoms with Gasteiger partial charge in [-0.1, -0.05) is 30.3 Å². The van der Waals surface area contributed by atoms with Gasteiger partial charge in [-0.2, -0.15) is 0 Å². The largest absolute Gasteiger partial charge is 0.308 e. The van der Waals surface area contributed by atoms with Gasteiger partial charge < -0.3 is 5.32 Å². The summed E-state index contributed by atoms with van der Waals surface area (Å²) in [5, 5.41) is 3.63. The van der Waals surface area contributed by atoms with Crippen molar-refractivity contribution < 1.29 is 0 Å². The van der Waals surface area contributed by atoms with Crippen LogP contribution in [0.4, 0.5) is 0 Å². The Bertz CT molecular complexity index is 609. The summed E-state index contributed by atoms with van der Waals surface area (Å²) in [4.78, 5) is 5.39. The highest BCUT2D eigenvalue weighted by Crippen LogP contribution is 2.33. The van der Waals surface area contributed by atoms with Crippen LogP contribution in [-0.2, 0) is 6.54 Å². The summed E-state index contributed by atoms with van der Waals surface area (Å²) < 4.78 is 1.31. The minimum atomic E-state index is 0.443. The third-order valence-corrected chi connectivity index (χ3v) is 6.55. The second kappa shape index (κ2) is 6.61. The lowest BCUT2D eigenvalue weighted by atomic mass is 10.0. The maximum Gasteiger partial charge on any atom is 0.0449 e. The van der Waals surface area contributed by atoms with E-state index in [-0.39, 0.29) is 0 Å². The van der Waals surface area contributed by atoms with Crippen molar-refractivity contribution in [3.05, 3.63) is 55.7 Å². The van der Waals surface area contributed by atoms with Gasteiger partial charge in [0.05, 0.1) is 0 Å². The SMILES string of the molecule is Cc1sc(C)c(CN2CCNC(c3ccccc3)C2)c1Br. The molecule has 2 nitrogen and oxygen atoms in total. The van der Waals surface area contributed by atoms with Crippen molar-refractivity contribution in [2.45, 2.75) is 26.4 Å². The second-order valence-electron chi connectivity index (χ2n) is 5.66. The molecule has 21 heavy (non-hydrogen) atoms. The Labute approximate surface area is 139 Å². The number of benzene rings is 1. The Morgan fingerprint density at radius 3 is 2.67 bits per heavy atom. The van der Waals surface area contributed by atoms with Gasteiger partial charge in [-0.05, 0) is 40.9 Å². The topological polar surface area (TPSA) is 15.3 Å². The van der Waals surface area contributed by atoms with Gasteiger partial charge in [0.25, 0.3) is 0 Å². The molecule has 1 aromatic carbocycles. The van der Waals surface area contributed by atoms with Crippen LogP contribution >= 0.6 is 27.3 Å². The summed E-state index contributed by atoms with van der Waals surface area (Å²) >= 11 is 5.65. The maximum atomic E-state index is 3.76. The summed E-state index contributed by atoms with van der Waals surface area (Å²) in [7, 11) is 0. The second-order valence-corrected chi connectivity index (χ2v) is 7.88. The fourth-order valence-corrected chi connectivity index (χ4v) is 4.73. The molecule has 0 aliphatic carbocycles. The Morgan fingerprint density at radius 2 is 2.00 bits per heavy atom. The number of halogens is 1. The van der Waals surface area contributed by atoms with E-state index < -0.39 is 0 Å². The van der Waals surface area contributed by atoms with Crippen LogP contribution in [0.2, 0.25) is 0 Å². The molecule has 1 aliphatic heterocycles. The Morgan fingerprint density at radius 1 is 1.24 bits per heavy atom. The third kappa shape index (κ3) is 3.39. The molecule has 1 saturated heterocycles. The van der Waals surface area contributed by atoms with E-state index in [4.69, 9.17) is 0 Å². The van der Waals surface area contributed by atoms with Crippen LogP contribution in [0.3, 0.4) is 0 Å². The van der Waals surface area contributed by atoms with Crippen LogP contribution in [0.15, 0.2) is 34.8 Å². The van der Waals surface area contributed by atoms with E-state index in [1.807, 2.05) is 11.3 Å². The fraction of sp³-hybridized carbons (Fsp3) is 0.412. The lowest BCUT2D eigenvalue weighted by Crippen LogP contribution is -2.45. The van der Waals surface area contributed by atoms with Crippen LogP contribution in [0.25, 0.3) is 0 Å². The van der Waals surface area contributed by atoms with Gasteiger partial charge in [0.2, 0.25) is 0 Å². The summed E-state index contributed by atoms with van der Waals surface area (Å²) in [5.74, 6) is 0. The predicted molar refractivity (Wildman–Crippen MR) is 94.0 cm³/mol. The number of hydrogen-bond acceptors (Lipinski definition) is 3. The van der Waals surface area contributed by atoms with E-state index in [0.717, 1.165) is 26.2 Å². The summed E-state index contributed by atoms with van der Waals surface area (Å²) in [6.07, 6.45) is 0. The highest BCUT2D eigenvalue weighted by Gasteiger charge is 2.22. The van der Waals surface area contributed by atoms with Crippen molar-refractivity contribution in [3.63, 3.8) is 0 Å². The lowest BCUT2D eigenvalue weighted by molar-refractivity contribution is 0.193. The van der Waals surface area contributed by atoms with Crippen molar-refractivity contribution in [3.8, 4) is 0 Å². The Balaban J connectivity index is 1.72. The number of rotatable bonds is 3. The van der Waals surface area contributed by atoms with Gasteiger partial charge in [-0.3, -0.25) is 4.90 Å². The van der Waals surface area contributed by atoms with Gasteiger partial charge in [-0.25, -0.2) is 0 Å². The molecule has 2 heterocycles. The molecule has 0 amide bonds. The van der Waals surface area contributed by atoms with Gasteiger partial charge in [0.1, 0.15) is 0 Å². The summed E-state index contributed by atoms with van der Waals surface area (Å²) in [5.41, 5.74) is 2.85. The van der Waals surface area contributed by atoms with Crippen molar-refractivity contribution >= 4 is 27.3 Å². The normalized spacial score (nSPS) is 19.9. The van der Waals surface area contributed by atoms with E-state index in [1.54, 1.807) is 0 Å². The zero-order valence-electron chi connectivity index (χ0n) is 12.5. The van der Waals surface area contributed by atoms with Crippen molar-refractivity contribution in [2.24, 2.45) is 0 Å². The molecule has 3 rings (SSSR count). The van der Waals surface area contributed by atoms with E-state index >= 15 is 0 Å².